The zero-order valence-corrected chi connectivity index (χ0v) is 10.9. The van der Waals surface area contributed by atoms with E-state index >= 15 is 0 Å². The van der Waals surface area contributed by atoms with Crippen LogP contribution in [0.2, 0.25) is 5.22 Å². The summed E-state index contributed by atoms with van der Waals surface area (Å²) in [6.07, 6.45) is 3.45. The van der Waals surface area contributed by atoms with Crippen LogP contribution in [0, 0.1) is 0 Å². The van der Waals surface area contributed by atoms with Crippen molar-refractivity contribution in [2.24, 2.45) is 7.05 Å². The Hall–Kier alpha value is -2.27. The minimum Gasteiger partial charge on any atom is -0.443 e. The maximum atomic E-state index is 6.08. The normalized spacial score (nSPS) is 10.8. The molecule has 0 saturated carbocycles. The summed E-state index contributed by atoms with van der Waals surface area (Å²) in [5.41, 5.74) is 8.41. The molecule has 19 heavy (non-hydrogen) atoms. The van der Waals surface area contributed by atoms with E-state index in [-0.39, 0.29) is 0 Å². The van der Waals surface area contributed by atoms with Gasteiger partial charge in [0.15, 0.2) is 11.0 Å². The van der Waals surface area contributed by atoms with Crippen LogP contribution in [0.5, 0.6) is 0 Å². The molecule has 3 aromatic heterocycles. The van der Waals surface area contributed by atoms with Crippen molar-refractivity contribution in [3.8, 4) is 22.6 Å². The van der Waals surface area contributed by atoms with Gasteiger partial charge in [-0.1, -0.05) is 6.07 Å². The van der Waals surface area contributed by atoms with E-state index in [0.717, 1.165) is 11.1 Å². The molecule has 0 bridgehead atoms. The molecule has 0 amide bonds. The molecule has 0 spiro atoms. The molecule has 0 atom stereocenters. The lowest BCUT2D eigenvalue weighted by Crippen LogP contribution is -1.98. The molecule has 6 heteroatoms. The van der Waals surface area contributed by atoms with Crippen LogP contribution in [0.3, 0.4) is 0 Å². The first kappa shape index (κ1) is 11.8. The van der Waals surface area contributed by atoms with Crippen molar-refractivity contribution in [3.05, 3.63) is 41.9 Å². The Balaban J connectivity index is 2.24. The number of furan rings is 1. The Morgan fingerprint density at radius 2 is 2.16 bits per heavy atom. The molecule has 3 heterocycles. The highest BCUT2D eigenvalue weighted by Crippen LogP contribution is 2.36. The Labute approximate surface area is 114 Å². The molecule has 0 aliphatic carbocycles. The SMILES string of the molecule is Cn1nc(-c2ccc(Cl)o2)c(-c2cccnc2)c1N. The molecule has 0 fully saturated rings. The number of aromatic nitrogens is 3. The first-order valence-corrected chi connectivity index (χ1v) is 6.03. The molecule has 0 saturated heterocycles. The van der Waals surface area contributed by atoms with Crippen molar-refractivity contribution in [3.63, 3.8) is 0 Å². The first-order valence-electron chi connectivity index (χ1n) is 5.65. The summed E-state index contributed by atoms with van der Waals surface area (Å²) in [6, 6.07) is 7.22. The molecule has 3 aromatic rings. The summed E-state index contributed by atoms with van der Waals surface area (Å²) >= 11 is 5.81. The Bertz CT molecular complexity index is 718. The van der Waals surface area contributed by atoms with Crippen LogP contribution in [0.1, 0.15) is 0 Å². The highest BCUT2D eigenvalue weighted by Gasteiger charge is 2.19. The van der Waals surface area contributed by atoms with Crippen LogP contribution in [0.4, 0.5) is 5.82 Å². The van der Waals surface area contributed by atoms with Gasteiger partial charge in [-0.15, -0.1) is 0 Å². The second-order valence-electron chi connectivity index (χ2n) is 4.08. The quantitative estimate of drug-likeness (QED) is 0.780. The molecule has 96 valence electrons. The van der Waals surface area contributed by atoms with Crippen LogP contribution in [0.25, 0.3) is 22.6 Å². The van der Waals surface area contributed by atoms with Gasteiger partial charge in [0, 0.05) is 25.0 Å². The van der Waals surface area contributed by atoms with Crippen LogP contribution in [-0.4, -0.2) is 14.8 Å². The third-order valence-corrected chi connectivity index (χ3v) is 3.05. The van der Waals surface area contributed by atoms with Crippen molar-refractivity contribution >= 4 is 17.4 Å². The highest BCUT2D eigenvalue weighted by molar-refractivity contribution is 6.29. The van der Waals surface area contributed by atoms with Crippen molar-refractivity contribution in [1.82, 2.24) is 14.8 Å². The molecular weight excluding hydrogens is 264 g/mol. The summed E-state index contributed by atoms with van der Waals surface area (Å²) in [5.74, 6) is 1.13. The van der Waals surface area contributed by atoms with Gasteiger partial charge in [-0.2, -0.15) is 5.10 Å². The summed E-state index contributed by atoms with van der Waals surface area (Å²) in [7, 11) is 1.78. The second kappa shape index (κ2) is 4.44. The number of aryl methyl sites for hydroxylation is 1. The lowest BCUT2D eigenvalue weighted by atomic mass is 10.1. The Morgan fingerprint density at radius 3 is 2.79 bits per heavy atom. The van der Waals surface area contributed by atoms with Gasteiger partial charge >= 0.3 is 0 Å². The van der Waals surface area contributed by atoms with E-state index in [9.17, 15) is 0 Å². The van der Waals surface area contributed by atoms with Crippen LogP contribution in [0.15, 0.2) is 41.1 Å². The molecule has 5 nitrogen and oxygen atoms in total. The fourth-order valence-corrected chi connectivity index (χ4v) is 2.09. The Morgan fingerprint density at radius 1 is 1.32 bits per heavy atom. The average Bonchev–Trinajstić information content (AvgIpc) is 2.96. The number of halogens is 1. The average molecular weight is 275 g/mol. The van der Waals surface area contributed by atoms with Crippen LogP contribution >= 0.6 is 11.6 Å². The van der Waals surface area contributed by atoms with Gasteiger partial charge < -0.3 is 10.2 Å². The molecule has 0 unspecified atom stereocenters. The molecule has 3 rings (SSSR count). The van der Waals surface area contributed by atoms with Gasteiger partial charge in [0.25, 0.3) is 0 Å². The van der Waals surface area contributed by atoms with Crippen LogP contribution in [-0.2, 0) is 7.05 Å². The molecule has 0 radical (unpaired) electrons. The van der Waals surface area contributed by atoms with Gasteiger partial charge in [-0.3, -0.25) is 9.67 Å². The van der Waals surface area contributed by atoms with Crippen molar-refractivity contribution in [1.29, 1.82) is 0 Å². The second-order valence-corrected chi connectivity index (χ2v) is 4.45. The van der Waals surface area contributed by atoms with Gasteiger partial charge in [0.2, 0.25) is 0 Å². The molecule has 0 aromatic carbocycles. The minimum absolute atomic E-state index is 0.316. The molecule has 0 aliphatic heterocycles. The van der Waals surface area contributed by atoms with E-state index in [1.54, 1.807) is 36.3 Å². The number of nitrogen functional groups attached to an aromatic ring is 1. The lowest BCUT2D eigenvalue weighted by molar-refractivity contribution is 0.580. The predicted molar refractivity (Wildman–Crippen MR) is 73.6 cm³/mol. The van der Waals surface area contributed by atoms with Gasteiger partial charge in [0.05, 0.1) is 5.56 Å². The monoisotopic (exact) mass is 274 g/mol. The minimum atomic E-state index is 0.316. The summed E-state index contributed by atoms with van der Waals surface area (Å²) in [6.45, 7) is 0. The maximum Gasteiger partial charge on any atom is 0.194 e. The van der Waals surface area contributed by atoms with Crippen molar-refractivity contribution in [2.45, 2.75) is 0 Å². The van der Waals surface area contributed by atoms with Crippen LogP contribution < -0.4 is 5.73 Å². The van der Waals surface area contributed by atoms with Crippen molar-refractivity contribution < 1.29 is 4.42 Å². The number of pyridine rings is 1. The standard InChI is InChI=1S/C13H11ClN4O/c1-18-13(15)11(8-3-2-6-16-7-8)12(17-18)9-4-5-10(14)19-9/h2-7H,15H2,1H3. The lowest BCUT2D eigenvalue weighted by Gasteiger charge is -2.01. The first-order chi connectivity index (χ1) is 9.16. The number of nitrogens with zero attached hydrogens (tertiary/aromatic N) is 3. The molecular formula is C13H11ClN4O. The van der Waals surface area contributed by atoms with E-state index in [1.165, 1.54) is 0 Å². The van der Waals surface area contributed by atoms with Gasteiger partial charge in [0.1, 0.15) is 11.5 Å². The van der Waals surface area contributed by atoms with Crippen molar-refractivity contribution in [2.75, 3.05) is 5.73 Å². The Kier molecular flexibility index (Phi) is 2.76. The maximum absolute atomic E-state index is 6.08. The zero-order chi connectivity index (χ0) is 13.4. The number of rotatable bonds is 2. The van der Waals surface area contributed by atoms with E-state index in [1.807, 2.05) is 12.1 Å². The largest absolute Gasteiger partial charge is 0.443 e. The fourth-order valence-electron chi connectivity index (χ4n) is 1.95. The number of anilines is 1. The third-order valence-electron chi connectivity index (χ3n) is 2.85. The number of hydrogen-bond donors (Lipinski definition) is 1. The van der Waals surface area contributed by atoms with E-state index in [2.05, 4.69) is 10.1 Å². The third kappa shape index (κ3) is 1.98. The van der Waals surface area contributed by atoms with E-state index in [4.69, 9.17) is 21.8 Å². The number of nitrogens with two attached hydrogens (primary N) is 1. The van der Waals surface area contributed by atoms with E-state index in [0.29, 0.717) is 22.5 Å². The van der Waals surface area contributed by atoms with Gasteiger partial charge in [-0.25, -0.2) is 0 Å². The predicted octanol–water partition coefficient (Wildman–Crippen LogP) is 2.98. The van der Waals surface area contributed by atoms with Gasteiger partial charge in [-0.05, 0) is 29.8 Å². The number of hydrogen-bond acceptors (Lipinski definition) is 4. The fraction of sp³-hybridized carbons (Fsp3) is 0.0769. The smallest absolute Gasteiger partial charge is 0.194 e. The summed E-state index contributed by atoms with van der Waals surface area (Å²) in [4.78, 5) is 4.10. The zero-order valence-electron chi connectivity index (χ0n) is 10.2. The molecule has 2 N–H and O–H groups in total. The highest BCUT2D eigenvalue weighted by atomic mass is 35.5. The summed E-state index contributed by atoms with van der Waals surface area (Å²) in [5, 5.41) is 4.70. The molecule has 0 aliphatic rings. The van der Waals surface area contributed by atoms with E-state index < -0.39 is 0 Å². The topological polar surface area (TPSA) is 69.9 Å². The summed E-state index contributed by atoms with van der Waals surface area (Å²) < 4.78 is 7.02.